The highest BCUT2D eigenvalue weighted by Gasteiger charge is 2.08. The third-order valence-corrected chi connectivity index (χ3v) is 2.66. The van der Waals surface area contributed by atoms with Crippen molar-refractivity contribution in [1.82, 2.24) is 4.98 Å². The average molecular weight is 313 g/mol. The number of pyridine rings is 1. The van der Waals surface area contributed by atoms with Crippen molar-refractivity contribution in [2.24, 2.45) is 0 Å². The normalized spacial score (nSPS) is 10.0. The summed E-state index contributed by atoms with van der Waals surface area (Å²) in [4.78, 5) is 15.6. The summed E-state index contributed by atoms with van der Waals surface area (Å²) >= 11 is 8.98. The van der Waals surface area contributed by atoms with Crippen LogP contribution in [-0.2, 0) is 0 Å². The third-order valence-electron chi connectivity index (χ3n) is 1.97. The summed E-state index contributed by atoms with van der Waals surface area (Å²) in [7, 11) is 0. The first kappa shape index (κ1) is 12.1. The van der Waals surface area contributed by atoms with Crippen molar-refractivity contribution in [1.29, 1.82) is 0 Å². The minimum Gasteiger partial charge on any atom is -0.421 e. The van der Waals surface area contributed by atoms with Gasteiger partial charge in [-0.3, -0.25) is 4.98 Å². The molecule has 1 aromatic heterocycles. The van der Waals surface area contributed by atoms with E-state index in [2.05, 4.69) is 20.9 Å². The molecule has 3 nitrogen and oxygen atoms in total. The lowest BCUT2D eigenvalue weighted by atomic mass is 10.2. The highest BCUT2D eigenvalue weighted by Crippen LogP contribution is 2.17. The van der Waals surface area contributed by atoms with E-state index in [0.717, 1.165) is 4.47 Å². The van der Waals surface area contributed by atoms with Crippen LogP contribution in [0.2, 0.25) is 5.02 Å². The lowest BCUT2D eigenvalue weighted by Gasteiger charge is -2.04. The molecular weight excluding hydrogens is 305 g/mol. The summed E-state index contributed by atoms with van der Waals surface area (Å²) in [5.41, 5.74) is 0.439. The summed E-state index contributed by atoms with van der Waals surface area (Å²) in [6, 6.07) is 8.15. The Kier molecular flexibility index (Phi) is 3.76. The van der Waals surface area contributed by atoms with Crippen LogP contribution < -0.4 is 4.74 Å². The molecule has 0 aliphatic carbocycles. The van der Waals surface area contributed by atoms with E-state index in [-0.39, 0.29) is 0 Å². The van der Waals surface area contributed by atoms with E-state index in [1.165, 1.54) is 6.20 Å². The summed E-state index contributed by atoms with van der Waals surface area (Å²) in [5.74, 6) is -0.0547. The Labute approximate surface area is 112 Å². The molecule has 5 heteroatoms. The van der Waals surface area contributed by atoms with Crippen LogP contribution >= 0.6 is 27.5 Å². The monoisotopic (exact) mass is 311 g/mol. The van der Waals surface area contributed by atoms with E-state index >= 15 is 0 Å². The summed E-state index contributed by atoms with van der Waals surface area (Å²) in [5, 5.41) is 0.575. The Morgan fingerprint density at radius 1 is 1.24 bits per heavy atom. The van der Waals surface area contributed by atoms with Gasteiger partial charge in [-0.25, -0.2) is 4.79 Å². The minimum absolute atomic E-state index is 0.388. The number of hydrogen-bond donors (Lipinski definition) is 0. The number of carbonyl (C=O) groups is 1. The number of ether oxygens (including phenoxy) is 1. The highest BCUT2D eigenvalue weighted by atomic mass is 79.9. The number of rotatable bonds is 2. The predicted molar refractivity (Wildman–Crippen MR) is 68.3 cm³/mol. The van der Waals surface area contributed by atoms with Crippen LogP contribution in [-0.4, -0.2) is 11.0 Å². The Morgan fingerprint density at radius 2 is 1.94 bits per heavy atom. The van der Waals surface area contributed by atoms with Crippen molar-refractivity contribution in [3.05, 3.63) is 57.8 Å². The van der Waals surface area contributed by atoms with Crippen molar-refractivity contribution < 1.29 is 9.53 Å². The molecule has 0 atom stereocenters. The van der Waals surface area contributed by atoms with Gasteiger partial charge in [-0.15, -0.1) is 0 Å². The molecule has 0 saturated heterocycles. The SMILES string of the molecule is O=C(Oc1cncc(Br)c1)c1ccc(Cl)cc1. The third kappa shape index (κ3) is 3.28. The van der Waals surface area contributed by atoms with E-state index in [9.17, 15) is 4.79 Å². The van der Waals surface area contributed by atoms with Crippen LogP contribution in [0.3, 0.4) is 0 Å². The fourth-order valence-electron chi connectivity index (χ4n) is 1.20. The summed E-state index contributed by atoms with van der Waals surface area (Å²) < 4.78 is 5.90. The first-order chi connectivity index (χ1) is 8.15. The second kappa shape index (κ2) is 5.29. The maximum Gasteiger partial charge on any atom is 0.343 e. The van der Waals surface area contributed by atoms with Gasteiger partial charge in [-0.05, 0) is 46.3 Å². The zero-order valence-electron chi connectivity index (χ0n) is 8.56. The maximum absolute atomic E-state index is 11.7. The number of nitrogens with zero attached hydrogens (tertiary/aromatic N) is 1. The Bertz CT molecular complexity index is 542. The second-order valence-corrected chi connectivity index (χ2v) is 4.59. The van der Waals surface area contributed by atoms with Gasteiger partial charge in [0.15, 0.2) is 5.75 Å². The minimum atomic E-state index is -0.443. The van der Waals surface area contributed by atoms with Gasteiger partial charge in [0, 0.05) is 15.7 Å². The van der Waals surface area contributed by atoms with E-state index in [0.29, 0.717) is 16.3 Å². The molecular formula is C12H7BrClNO2. The highest BCUT2D eigenvalue weighted by molar-refractivity contribution is 9.10. The molecule has 0 amide bonds. The zero-order chi connectivity index (χ0) is 12.3. The largest absolute Gasteiger partial charge is 0.421 e. The Balaban J connectivity index is 2.14. The number of esters is 1. The van der Waals surface area contributed by atoms with Gasteiger partial charge >= 0.3 is 5.97 Å². The fourth-order valence-corrected chi connectivity index (χ4v) is 1.67. The van der Waals surface area contributed by atoms with Gasteiger partial charge < -0.3 is 4.74 Å². The van der Waals surface area contributed by atoms with E-state index in [1.807, 2.05) is 0 Å². The van der Waals surface area contributed by atoms with Crippen molar-refractivity contribution in [3.63, 3.8) is 0 Å². The summed E-state index contributed by atoms with van der Waals surface area (Å²) in [6.07, 6.45) is 3.08. The van der Waals surface area contributed by atoms with Gasteiger partial charge in [0.1, 0.15) is 0 Å². The van der Waals surface area contributed by atoms with Gasteiger partial charge in [0.25, 0.3) is 0 Å². The van der Waals surface area contributed by atoms with Crippen molar-refractivity contribution in [3.8, 4) is 5.75 Å². The van der Waals surface area contributed by atoms with Crippen molar-refractivity contribution in [2.75, 3.05) is 0 Å². The van der Waals surface area contributed by atoms with Crippen molar-refractivity contribution >= 4 is 33.5 Å². The van der Waals surface area contributed by atoms with E-state index in [4.69, 9.17) is 16.3 Å². The molecule has 0 aliphatic heterocycles. The van der Waals surface area contributed by atoms with Crippen LogP contribution in [0.15, 0.2) is 47.2 Å². The molecule has 0 unspecified atom stereocenters. The zero-order valence-corrected chi connectivity index (χ0v) is 10.9. The first-order valence-electron chi connectivity index (χ1n) is 4.73. The van der Waals surface area contributed by atoms with Gasteiger partial charge in [-0.1, -0.05) is 11.6 Å². The molecule has 2 rings (SSSR count). The maximum atomic E-state index is 11.7. The number of halogens is 2. The average Bonchev–Trinajstić information content (AvgIpc) is 2.29. The Hall–Kier alpha value is -1.39. The smallest absolute Gasteiger partial charge is 0.343 e. The molecule has 17 heavy (non-hydrogen) atoms. The lowest BCUT2D eigenvalue weighted by Crippen LogP contribution is -2.08. The molecule has 0 fully saturated rings. The van der Waals surface area contributed by atoms with Gasteiger partial charge in [0.2, 0.25) is 0 Å². The van der Waals surface area contributed by atoms with Crippen LogP contribution in [0.5, 0.6) is 5.75 Å². The molecule has 2 aromatic rings. The van der Waals surface area contributed by atoms with Crippen LogP contribution in [0.25, 0.3) is 0 Å². The molecule has 0 aliphatic rings. The van der Waals surface area contributed by atoms with E-state index < -0.39 is 5.97 Å². The molecule has 0 saturated carbocycles. The number of benzene rings is 1. The number of aromatic nitrogens is 1. The molecule has 0 radical (unpaired) electrons. The number of carbonyl (C=O) groups excluding carboxylic acids is 1. The molecule has 0 bridgehead atoms. The molecule has 0 N–H and O–H groups in total. The number of hydrogen-bond acceptors (Lipinski definition) is 3. The molecule has 86 valence electrons. The standard InChI is InChI=1S/C12H7BrClNO2/c13-9-5-11(7-15-6-9)17-12(16)8-1-3-10(14)4-2-8/h1-7H. The first-order valence-corrected chi connectivity index (χ1v) is 5.90. The van der Waals surface area contributed by atoms with Crippen LogP contribution in [0.4, 0.5) is 0 Å². The van der Waals surface area contributed by atoms with Crippen molar-refractivity contribution in [2.45, 2.75) is 0 Å². The topological polar surface area (TPSA) is 39.2 Å². The quantitative estimate of drug-likeness (QED) is 0.793. The lowest BCUT2D eigenvalue weighted by molar-refractivity contribution is 0.0734. The second-order valence-electron chi connectivity index (χ2n) is 3.24. The van der Waals surface area contributed by atoms with Gasteiger partial charge in [0.05, 0.1) is 11.8 Å². The Morgan fingerprint density at radius 3 is 2.59 bits per heavy atom. The summed E-state index contributed by atoms with van der Waals surface area (Å²) in [6.45, 7) is 0. The fraction of sp³-hybridized carbons (Fsp3) is 0. The predicted octanol–water partition coefficient (Wildman–Crippen LogP) is 3.72. The van der Waals surface area contributed by atoms with E-state index in [1.54, 1.807) is 36.5 Å². The van der Waals surface area contributed by atoms with Crippen LogP contribution in [0, 0.1) is 0 Å². The molecule has 1 aromatic carbocycles. The molecule has 0 spiro atoms. The van der Waals surface area contributed by atoms with Crippen LogP contribution in [0.1, 0.15) is 10.4 Å². The molecule has 1 heterocycles. The van der Waals surface area contributed by atoms with Gasteiger partial charge in [-0.2, -0.15) is 0 Å².